The second-order valence-corrected chi connectivity index (χ2v) is 6.38. The molecule has 0 saturated carbocycles. The van der Waals surface area contributed by atoms with E-state index in [1.165, 1.54) is 0 Å². The molecule has 0 saturated heterocycles. The van der Waals surface area contributed by atoms with E-state index in [-0.39, 0.29) is 12.5 Å². The van der Waals surface area contributed by atoms with Gasteiger partial charge in [-0.2, -0.15) is 0 Å². The first-order valence-electron chi connectivity index (χ1n) is 9.90. The largest absolute Gasteiger partial charge is 0.489 e. The number of nitrogens with one attached hydrogen (secondary N) is 3. The summed E-state index contributed by atoms with van der Waals surface area (Å²) in [5.41, 5.74) is 2.05. The Morgan fingerprint density at radius 3 is 2.63 bits per heavy atom. The molecule has 0 heterocycles. The SMILES string of the molecule is C=CCOc1ccccc1CNC(=NC)NCc1cccc(OCC(=O)NCC)c1. The Balaban J connectivity index is 1.87. The van der Waals surface area contributed by atoms with Gasteiger partial charge in [0.05, 0.1) is 0 Å². The summed E-state index contributed by atoms with van der Waals surface area (Å²) < 4.78 is 11.2. The minimum atomic E-state index is -0.136. The number of likely N-dealkylation sites (N-methyl/N-ethyl adjacent to an activating group) is 1. The first kappa shape index (κ1) is 22.8. The molecule has 7 heteroatoms. The van der Waals surface area contributed by atoms with E-state index in [0.29, 0.717) is 38.0 Å². The fourth-order valence-electron chi connectivity index (χ4n) is 2.67. The van der Waals surface area contributed by atoms with Crippen LogP contribution in [0.15, 0.2) is 66.2 Å². The molecule has 0 fully saturated rings. The molecular weight excluding hydrogens is 380 g/mol. The minimum absolute atomic E-state index is 0.00127. The third-order valence-electron chi connectivity index (χ3n) is 4.10. The molecule has 160 valence electrons. The number of benzene rings is 2. The van der Waals surface area contributed by atoms with Crippen LogP contribution in [-0.2, 0) is 17.9 Å². The van der Waals surface area contributed by atoms with Crippen molar-refractivity contribution in [2.45, 2.75) is 20.0 Å². The molecule has 7 nitrogen and oxygen atoms in total. The number of aliphatic imine (C=N–C) groups is 1. The Labute approximate surface area is 178 Å². The van der Waals surface area contributed by atoms with Gasteiger partial charge < -0.3 is 25.4 Å². The number of guanidine groups is 1. The van der Waals surface area contributed by atoms with Crippen molar-refractivity contribution in [3.8, 4) is 11.5 Å². The minimum Gasteiger partial charge on any atom is -0.489 e. The molecule has 0 aliphatic heterocycles. The standard InChI is InChI=1S/C23H30N4O3/c1-4-13-29-21-12-7-6-10-19(21)16-27-23(24-3)26-15-18-9-8-11-20(14-18)30-17-22(28)25-5-2/h4,6-12,14H,1,5,13,15-17H2,2-3H3,(H,25,28)(H2,24,26,27). The third-order valence-corrected chi connectivity index (χ3v) is 4.10. The average Bonchev–Trinajstić information content (AvgIpc) is 2.77. The van der Waals surface area contributed by atoms with Gasteiger partial charge in [-0.3, -0.25) is 9.79 Å². The molecule has 0 radical (unpaired) electrons. The highest BCUT2D eigenvalue weighted by Crippen LogP contribution is 2.17. The number of carbonyl (C=O) groups excluding carboxylic acids is 1. The zero-order valence-electron chi connectivity index (χ0n) is 17.6. The van der Waals surface area contributed by atoms with Crippen molar-refractivity contribution in [3.63, 3.8) is 0 Å². The predicted molar refractivity (Wildman–Crippen MR) is 120 cm³/mol. The number of para-hydroxylation sites is 1. The summed E-state index contributed by atoms with van der Waals surface area (Å²) in [6.45, 7) is 7.74. The van der Waals surface area contributed by atoms with Crippen LogP contribution in [0.3, 0.4) is 0 Å². The fourth-order valence-corrected chi connectivity index (χ4v) is 2.67. The van der Waals surface area contributed by atoms with Crippen molar-refractivity contribution in [1.82, 2.24) is 16.0 Å². The molecule has 2 rings (SSSR count). The summed E-state index contributed by atoms with van der Waals surface area (Å²) in [5, 5.41) is 9.28. The van der Waals surface area contributed by atoms with Crippen LogP contribution in [0.25, 0.3) is 0 Å². The molecule has 2 aromatic rings. The van der Waals surface area contributed by atoms with E-state index in [2.05, 4.69) is 27.5 Å². The number of carbonyl (C=O) groups is 1. The van der Waals surface area contributed by atoms with Crippen molar-refractivity contribution in [2.75, 3.05) is 26.8 Å². The molecule has 0 aromatic heterocycles. The molecule has 0 unspecified atom stereocenters. The van der Waals surface area contributed by atoms with Gasteiger partial charge in [-0.1, -0.05) is 43.0 Å². The summed E-state index contributed by atoms with van der Waals surface area (Å²) in [4.78, 5) is 15.8. The van der Waals surface area contributed by atoms with Gasteiger partial charge in [0.25, 0.3) is 5.91 Å². The quantitative estimate of drug-likeness (QED) is 0.301. The molecule has 30 heavy (non-hydrogen) atoms. The number of amides is 1. The van der Waals surface area contributed by atoms with Crippen molar-refractivity contribution in [1.29, 1.82) is 0 Å². The van der Waals surface area contributed by atoms with E-state index in [9.17, 15) is 4.79 Å². The van der Waals surface area contributed by atoms with Crippen molar-refractivity contribution in [2.24, 2.45) is 4.99 Å². The lowest BCUT2D eigenvalue weighted by Crippen LogP contribution is -2.36. The van der Waals surface area contributed by atoms with Crippen LogP contribution in [0.4, 0.5) is 0 Å². The van der Waals surface area contributed by atoms with E-state index >= 15 is 0 Å². The first-order valence-corrected chi connectivity index (χ1v) is 9.90. The molecule has 1 amide bonds. The average molecular weight is 411 g/mol. The van der Waals surface area contributed by atoms with E-state index in [4.69, 9.17) is 9.47 Å². The number of ether oxygens (including phenoxy) is 2. The summed E-state index contributed by atoms with van der Waals surface area (Å²) >= 11 is 0. The molecule has 0 aliphatic carbocycles. The summed E-state index contributed by atoms with van der Waals surface area (Å²) in [5.74, 6) is 2.00. The Kier molecular flexibility index (Phi) is 9.79. The third kappa shape index (κ3) is 7.87. The maximum atomic E-state index is 11.5. The molecule has 0 bridgehead atoms. The lowest BCUT2D eigenvalue weighted by Gasteiger charge is -2.15. The van der Waals surface area contributed by atoms with Crippen LogP contribution >= 0.6 is 0 Å². The van der Waals surface area contributed by atoms with Crippen LogP contribution in [0, 0.1) is 0 Å². The van der Waals surface area contributed by atoms with Crippen LogP contribution < -0.4 is 25.4 Å². The second-order valence-electron chi connectivity index (χ2n) is 6.38. The van der Waals surface area contributed by atoms with Crippen LogP contribution in [0.5, 0.6) is 11.5 Å². The molecule has 0 atom stereocenters. The smallest absolute Gasteiger partial charge is 0.257 e. The van der Waals surface area contributed by atoms with E-state index in [0.717, 1.165) is 16.9 Å². The van der Waals surface area contributed by atoms with Gasteiger partial charge in [0.1, 0.15) is 18.1 Å². The van der Waals surface area contributed by atoms with Gasteiger partial charge in [0.15, 0.2) is 12.6 Å². The second kappa shape index (κ2) is 12.9. The normalized spacial score (nSPS) is 10.8. The maximum absolute atomic E-state index is 11.5. The first-order chi connectivity index (χ1) is 14.7. The predicted octanol–water partition coefficient (Wildman–Crippen LogP) is 2.63. The summed E-state index contributed by atoms with van der Waals surface area (Å²) in [6.07, 6.45) is 1.72. The van der Waals surface area contributed by atoms with Gasteiger partial charge in [-0.25, -0.2) is 0 Å². The highest BCUT2D eigenvalue weighted by Gasteiger charge is 2.06. The number of hydrogen-bond acceptors (Lipinski definition) is 4. The Hall–Kier alpha value is -3.48. The summed E-state index contributed by atoms with van der Waals surface area (Å²) in [6, 6.07) is 15.5. The Morgan fingerprint density at radius 2 is 1.87 bits per heavy atom. The van der Waals surface area contributed by atoms with Crippen LogP contribution in [-0.4, -0.2) is 38.7 Å². The zero-order valence-corrected chi connectivity index (χ0v) is 17.6. The van der Waals surface area contributed by atoms with Crippen LogP contribution in [0.2, 0.25) is 0 Å². The van der Waals surface area contributed by atoms with E-state index in [1.54, 1.807) is 13.1 Å². The van der Waals surface area contributed by atoms with Crippen LogP contribution in [0.1, 0.15) is 18.1 Å². The highest BCUT2D eigenvalue weighted by molar-refractivity contribution is 5.79. The number of hydrogen-bond donors (Lipinski definition) is 3. The van der Waals surface area contributed by atoms with E-state index < -0.39 is 0 Å². The van der Waals surface area contributed by atoms with Gasteiger partial charge in [-0.05, 0) is 30.7 Å². The van der Waals surface area contributed by atoms with Crippen molar-refractivity contribution < 1.29 is 14.3 Å². The molecule has 3 N–H and O–H groups in total. The molecular formula is C23H30N4O3. The highest BCUT2D eigenvalue weighted by atomic mass is 16.5. The van der Waals surface area contributed by atoms with Gasteiger partial charge >= 0.3 is 0 Å². The topological polar surface area (TPSA) is 84.0 Å². The monoisotopic (exact) mass is 410 g/mol. The Bertz CT molecular complexity index is 852. The van der Waals surface area contributed by atoms with Crippen molar-refractivity contribution in [3.05, 3.63) is 72.3 Å². The molecule has 0 aliphatic rings. The lowest BCUT2D eigenvalue weighted by molar-refractivity contribution is -0.122. The fraction of sp³-hybridized carbons (Fsp3) is 0.304. The van der Waals surface area contributed by atoms with Crippen molar-refractivity contribution >= 4 is 11.9 Å². The molecule has 2 aromatic carbocycles. The van der Waals surface area contributed by atoms with Gasteiger partial charge in [0.2, 0.25) is 0 Å². The molecule has 0 spiro atoms. The number of rotatable bonds is 11. The van der Waals surface area contributed by atoms with Gasteiger partial charge in [0, 0.05) is 32.2 Å². The lowest BCUT2D eigenvalue weighted by atomic mass is 10.2. The maximum Gasteiger partial charge on any atom is 0.257 e. The van der Waals surface area contributed by atoms with E-state index in [1.807, 2.05) is 55.5 Å². The summed E-state index contributed by atoms with van der Waals surface area (Å²) in [7, 11) is 1.72. The zero-order chi connectivity index (χ0) is 21.6. The Morgan fingerprint density at radius 1 is 1.07 bits per heavy atom. The number of nitrogens with zero attached hydrogens (tertiary/aromatic N) is 1. The van der Waals surface area contributed by atoms with Gasteiger partial charge in [-0.15, -0.1) is 0 Å².